The number of carbonyl (C=O) groups is 1. The number of aromatic carboxylic acids is 1. The van der Waals surface area contributed by atoms with E-state index in [1.165, 1.54) is 17.0 Å². The Morgan fingerprint density at radius 2 is 2.00 bits per heavy atom. The highest BCUT2D eigenvalue weighted by atomic mass is 19.1. The van der Waals surface area contributed by atoms with Gasteiger partial charge in [0.15, 0.2) is 5.82 Å². The number of benzene rings is 1. The molecule has 0 unspecified atom stereocenters. The van der Waals surface area contributed by atoms with Crippen LogP contribution in [0.2, 0.25) is 0 Å². The number of rotatable bonds is 2. The largest absolute Gasteiger partial charge is 0.477 e. The number of hydrogen-bond acceptors (Lipinski definition) is 4. The highest BCUT2D eigenvalue weighted by Crippen LogP contribution is 2.31. The van der Waals surface area contributed by atoms with Crippen LogP contribution in [-0.4, -0.2) is 33.7 Å². The van der Waals surface area contributed by atoms with E-state index in [1.807, 2.05) is 4.90 Å². The van der Waals surface area contributed by atoms with Crippen molar-refractivity contribution in [2.75, 3.05) is 18.0 Å². The maximum Gasteiger partial charge on any atom is 0.341 e. The maximum absolute atomic E-state index is 15.0. The third kappa shape index (κ3) is 2.26. The normalized spacial score (nSPS) is 14.6. The average molecular weight is 341 g/mol. The van der Waals surface area contributed by atoms with Gasteiger partial charge in [0.05, 0.1) is 22.8 Å². The zero-order valence-electron chi connectivity index (χ0n) is 13.6. The summed E-state index contributed by atoms with van der Waals surface area (Å²) in [5, 5.41) is 9.77. The second-order valence-corrected chi connectivity index (χ2v) is 6.30. The first-order valence-corrected chi connectivity index (χ1v) is 8.08. The van der Waals surface area contributed by atoms with E-state index in [1.54, 1.807) is 19.2 Å². The van der Waals surface area contributed by atoms with Gasteiger partial charge >= 0.3 is 5.97 Å². The molecule has 0 bridgehead atoms. The van der Waals surface area contributed by atoms with Gasteiger partial charge in [-0.3, -0.25) is 9.78 Å². The second kappa shape index (κ2) is 5.54. The number of carboxylic acids is 1. The first-order valence-electron chi connectivity index (χ1n) is 8.08. The zero-order chi connectivity index (χ0) is 17.7. The van der Waals surface area contributed by atoms with Crippen molar-refractivity contribution in [3.63, 3.8) is 0 Å². The molecule has 1 N–H and O–H groups in total. The van der Waals surface area contributed by atoms with Crippen molar-refractivity contribution in [2.45, 2.75) is 12.8 Å². The van der Waals surface area contributed by atoms with E-state index in [2.05, 4.69) is 4.98 Å². The number of hydrogen-bond donors (Lipinski definition) is 1. The minimum absolute atomic E-state index is 0.0940. The summed E-state index contributed by atoms with van der Waals surface area (Å²) in [6.45, 7) is 1.59. The lowest BCUT2D eigenvalue weighted by Crippen LogP contribution is -2.20. The van der Waals surface area contributed by atoms with E-state index >= 15 is 4.39 Å². The lowest BCUT2D eigenvalue weighted by Gasteiger charge is -2.19. The molecule has 3 aromatic rings. The van der Waals surface area contributed by atoms with E-state index in [9.17, 15) is 14.7 Å². The van der Waals surface area contributed by atoms with Crippen LogP contribution in [0.5, 0.6) is 0 Å². The van der Waals surface area contributed by atoms with E-state index in [-0.39, 0.29) is 16.5 Å². The van der Waals surface area contributed by atoms with Crippen LogP contribution in [0.3, 0.4) is 0 Å². The van der Waals surface area contributed by atoms with Gasteiger partial charge in [-0.1, -0.05) is 0 Å². The summed E-state index contributed by atoms with van der Waals surface area (Å²) >= 11 is 0. The van der Waals surface area contributed by atoms with Crippen molar-refractivity contribution in [2.24, 2.45) is 7.05 Å². The highest BCUT2D eigenvalue weighted by Gasteiger charge is 2.21. The number of aryl methyl sites for hydroxylation is 1. The van der Waals surface area contributed by atoms with Crippen molar-refractivity contribution >= 4 is 33.5 Å². The van der Waals surface area contributed by atoms with Crippen molar-refractivity contribution in [1.82, 2.24) is 9.55 Å². The highest BCUT2D eigenvalue weighted by molar-refractivity contribution is 6.07. The van der Waals surface area contributed by atoms with Crippen molar-refractivity contribution < 1.29 is 14.3 Å². The lowest BCUT2D eigenvalue weighted by atomic mass is 10.1. The van der Waals surface area contributed by atoms with Crippen LogP contribution < -0.4 is 10.3 Å². The van der Waals surface area contributed by atoms with Crippen molar-refractivity contribution in [1.29, 1.82) is 0 Å². The fourth-order valence-corrected chi connectivity index (χ4v) is 3.53. The average Bonchev–Trinajstić information content (AvgIpc) is 3.11. The zero-order valence-corrected chi connectivity index (χ0v) is 13.6. The molecule has 6 nitrogen and oxygen atoms in total. The van der Waals surface area contributed by atoms with Crippen molar-refractivity contribution in [3.05, 3.63) is 46.1 Å². The van der Waals surface area contributed by atoms with Crippen LogP contribution in [0.4, 0.5) is 10.1 Å². The SMILES string of the molecule is Cn1cc(C(=O)O)c(=O)c2c3ccc(N4CCCC4)c(F)c3ncc21. The van der Waals surface area contributed by atoms with Crippen LogP contribution in [0, 0.1) is 5.82 Å². The molecule has 0 spiro atoms. The fourth-order valence-electron chi connectivity index (χ4n) is 3.53. The molecule has 0 amide bonds. The Labute approximate surface area is 142 Å². The molecule has 7 heteroatoms. The first kappa shape index (κ1) is 15.6. The van der Waals surface area contributed by atoms with Crippen LogP contribution >= 0.6 is 0 Å². The number of aromatic nitrogens is 2. The number of anilines is 1. The van der Waals surface area contributed by atoms with Gasteiger partial charge in [0.25, 0.3) is 0 Å². The van der Waals surface area contributed by atoms with E-state index in [0.717, 1.165) is 25.9 Å². The van der Waals surface area contributed by atoms with E-state index in [0.29, 0.717) is 16.6 Å². The summed E-state index contributed by atoms with van der Waals surface area (Å²) in [5.74, 6) is -1.77. The molecule has 1 aliphatic rings. The molecule has 1 fully saturated rings. The molecular formula is C18H16FN3O3. The standard InChI is InChI=1S/C18H16FN3O3/c1-21-9-11(18(24)25)17(23)14-10-4-5-12(22-6-2-3-7-22)15(19)16(10)20-8-13(14)21/h4-5,8-9H,2-3,6-7H2,1H3,(H,24,25). The summed E-state index contributed by atoms with van der Waals surface area (Å²) in [4.78, 5) is 30.1. The molecule has 0 aliphatic carbocycles. The van der Waals surface area contributed by atoms with Crippen LogP contribution in [0.25, 0.3) is 21.8 Å². The molecule has 0 atom stereocenters. The van der Waals surface area contributed by atoms with Gasteiger partial charge < -0.3 is 14.6 Å². The predicted molar refractivity (Wildman–Crippen MR) is 92.9 cm³/mol. The Bertz CT molecular complexity index is 1080. The predicted octanol–water partition coefficient (Wildman–Crippen LogP) is 2.52. The smallest absolute Gasteiger partial charge is 0.341 e. The van der Waals surface area contributed by atoms with Gasteiger partial charge in [-0.05, 0) is 25.0 Å². The van der Waals surface area contributed by atoms with Gasteiger partial charge in [-0.15, -0.1) is 0 Å². The molecule has 1 aliphatic heterocycles. The number of halogens is 1. The lowest BCUT2D eigenvalue weighted by molar-refractivity contribution is 0.0695. The number of pyridine rings is 2. The minimum atomic E-state index is -1.30. The minimum Gasteiger partial charge on any atom is -0.477 e. The number of carboxylic acid groups (broad SMARTS) is 1. The number of nitrogens with zero attached hydrogens (tertiary/aromatic N) is 3. The Kier molecular flexibility index (Phi) is 3.45. The monoisotopic (exact) mass is 341 g/mol. The van der Waals surface area contributed by atoms with Gasteiger partial charge in [0.1, 0.15) is 11.1 Å². The molecule has 4 rings (SSSR count). The van der Waals surface area contributed by atoms with Gasteiger partial charge in [0, 0.05) is 31.7 Å². The molecule has 0 radical (unpaired) electrons. The summed E-state index contributed by atoms with van der Waals surface area (Å²) in [7, 11) is 1.64. The molecule has 2 aromatic heterocycles. The van der Waals surface area contributed by atoms with Crippen LogP contribution in [0.15, 0.2) is 29.3 Å². The van der Waals surface area contributed by atoms with Crippen molar-refractivity contribution in [3.8, 4) is 0 Å². The topological polar surface area (TPSA) is 75.4 Å². The Balaban J connectivity index is 2.08. The Morgan fingerprint density at radius 3 is 2.68 bits per heavy atom. The van der Waals surface area contributed by atoms with E-state index in [4.69, 9.17) is 0 Å². The molecule has 1 aromatic carbocycles. The maximum atomic E-state index is 15.0. The molecule has 128 valence electrons. The molecular weight excluding hydrogens is 325 g/mol. The van der Waals surface area contributed by atoms with Crippen LogP contribution in [-0.2, 0) is 7.05 Å². The van der Waals surface area contributed by atoms with Gasteiger partial charge in [0.2, 0.25) is 5.43 Å². The van der Waals surface area contributed by atoms with Gasteiger partial charge in [-0.2, -0.15) is 0 Å². The number of fused-ring (bicyclic) bond motifs is 3. The third-order valence-corrected chi connectivity index (χ3v) is 4.79. The molecule has 25 heavy (non-hydrogen) atoms. The first-order chi connectivity index (χ1) is 12.0. The Morgan fingerprint density at radius 1 is 1.28 bits per heavy atom. The van der Waals surface area contributed by atoms with Crippen LogP contribution in [0.1, 0.15) is 23.2 Å². The summed E-state index contributed by atoms with van der Waals surface area (Å²) in [5.41, 5.74) is 0.0725. The fraction of sp³-hybridized carbons (Fsp3) is 0.278. The van der Waals surface area contributed by atoms with Gasteiger partial charge in [-0.25, -0.2) is 9.18 Å². The Hall–Kier alpha value is -2.96. The molecule has 0 saturated carbocycles. The summed E-state index contributed by atoms with van der Waals surface area (Å²) in [6.07, 6.45) is 4.72. The second-order valence-electron chi connectivity index (χ2n) is 6.30. The molecule has 3 heterocycles. The quantitative estimate of drug-likeness (QED) is 0.725. The summed E-state index contributed by atoms with van der Waals surface area (Å²) < 4.78 is 16.5. The third-order valence-electron chi connectivity index (χ3n) is 4.79. The summed E-state index contributed by atoms with van der Waals surface area (Å²) in [6, 6.07) is 3.31. The van der Waals surface area contributed by atoms with E-state index < -0.39 is 17.2 Å². The molecule has 1 saturated heterocycles.